The number of hydrogen-bond acceptors (Lipinski definition) is 9. The minimum absolute atomic E-state index is 0.0908. The van der Waals surface area contributed by atoms with Gasteiger partial charge in [-0.3, -0.25) is 0 Å². The van der Waals surface area contributed by atoms with Crippen LogP contribution in [0.5, 0.6) is 0 Å². The zero-order chi connectivity index (χ0) is 17.2. The molecule has 11 heteroatoms. The quantitative estimate of drug-likeness (QED) is 0.185. The molecule has 0 aliphatic heterocycles. The lowest BCUT2D eigenvalue weighted by molar-refractivity contribution is -0.220. The fourth-order valence-electron chi connectivity index (χ4n) is 0.962. The van der Waals surface area contributed by atoms with Gasteiger partial charge in [0, 0.05) is 24.8 Å². The van der Waals surface area contributed by atoms with Crippen LogP contribution in [-0.4, -0.2) is 63.2 Å². The van der Waals surface area contributed by atoms with Crippen LogP contribution in [0.4, 0.5) is 4.79 Å². The first-order chi connectivity index (χ1) is 10.2. The van der Waals surface area contributed by atoms with Gasteiger partial charge in [0.15, 0.2) is 6.61 Å². The van der Waals surface area contributed by atoms with Crippen LogP contribution in [0.3, 0.4) is 0 Å². The molecule has 0 rings (SSSR count). The monoisotopic (exact) mass is 359 g/mol. The standard InChI is InChI=1S/C11H21NO8S2/c1-9(2)19-20-21-6-5-7-22(15,16)12(3)11(14)18-8-10(13)17-4/h9H,5-8H2,1-4H3. The molecule has 0 unspecified atom stereocenters. The van der Waals surface area contributed by atoms with Gasteiger partial charge in [-0.15, -0.1) is 0 Å². The number of hydrogen-bond donors (Lipinski definition) is 0. The van der Waals surface area contributed by atoms with Crippen molar-refractivity contribution in [3.8, 4) is 0 Å². The third kappa shape index (κ3) is 9.07. The lowest BCUT2D eigenvalue weighted by Gasteiger charge is -2.16. The molecule has 0 aliphatic rings. The van der Waals surface area contributed by atoms with Crippen LogP contribution in [0, 0.1) is 0 Å². The van der Waals surface area contributed by atoms with Gasteiger partial charge in [0.25, 0.3) is 0 Å². The average Bonchev–Trinajstić information content (AvgIpc) is 2.46. The molecular formula is C11H21NO8S2. The van der Waals surface area contributed by atoms with Crippen molar-refractivity contribution in [2.75, 3.05) is 32.3 Å². The van der Waals surface area contributed by atoms with Gasteiger partial charge in [-0.25, -0.2) is 27.2 Å². The van der Waals surface area contributed by atoms with Gasteiger partial charge in [0.2, 0.25) is 10.0 Å². The summed E-state index contributed by atoms with van der Waals surface area (Å²) in [7, 11) is -1.64. The number of ether oxygens (including phenoxy) is 2. The Hall–Kier alpha value is -1.04. The van der Waals surface area contributed by atoms with E-state index in [9.17, 15) is 18.0 Å². The molecule has 1 amide bonds. The lowest BCUT2D eigenvalue weighted by atomic mass is 10.5. The van der Waals surface area contributed by atoms with Crippen molar-refractivity contribution in [2.24, 2.45) is 0 Å². The predicted octanol–water partition coefficient (Wildman–Crippen LogP) is 0.952. The van der Waals surface area contributed by atoms with E-state index in [0.717, 1.165) is 26.2 Å². The zero-order valence-corrected chi connectivity index (χ0v) is 14.6. The van der Waals surface area contributed by atoms with Crippen LogP contribution >= 0.6 is 12.0 Å². The van der Waals surface area contributed by atoms with Crippen LogP contribution in [0.15, 0.2) is 0 Å². The number of nitrogens with zero attached hydrogens (tertiary/aromatic N) is 1. The highest BCUT2D eigenvalue weighted by atomic mass is 32.2. The maximum Gasteiger partial charge on any atom is 0.423 e. The van der Waals surface area contributed by atoms with Gasteiger partial charge in [0.1, 0.15) is 0 Å². The Morgan fingerprint density at radius 1 is 1.27 bits per heavy atom. The molecular weight excluding hydrogens is 338 g/mol. The summed E-state index contributed by atoms with van der Waals surface area (Å²) in [6.45, 7) is 2.94. The molecule has 0 aromatic carbocycles. The first-order valence-corrected chi connectivity index (χ1v) is 8.87. The van der Waals surface area contributed by atoms with E-state index >= 15 is 0 Å². The summed E-state index contributed by atoms with van der Waals surface area (Å²) in [5.74, 6) is -0.677. The molecule has 0 aliphatic carbocycles. The van der Waals surface area contributed by atoms with Crippen molar-refractivity contribution in [2.45, 2.75) is 26.4 Å². The van der Waals surface area contributed by atoms with Crippen molar-refractivity contribution in [1.29, 1.82) is 0 Å². The van der Waals surface area contributed by atoms with Crippen molar-refractivity contribution in [3.05, 3.63) is 0 Å². The number of carbonyl (C=O) groups is 2. The fourth-order valence-corrected chi connectivity index (χ4v) is 2.75. The maximum atomic E-state index is 11.9. The summed E-state index contributed by atoms with van der Waals surface area (Å²) in [5.41, 5.74) is 0. The van der Waals surface area contributed by atoms with Crippen LogP contribution < -0.4 is 0 Å². The Morgan fingerprint density at radius 2 is 1.91 bits per heavy atom. The first-order valence-electron chi connectivity index (χ1n) is 6.35. The smallest absolute Gasteiger partial charge is 0.423 e. The van der Waals surface area contributed by atoms with Crippen LogP contribution in [0.2, 0.25) is 0 Å². The van der Waals surface area contributed by atoms with Crippen LogP contribution in [-0.2, 0) is 33.5 Å². The minimum Gasteiger partial charge on any atom is -0.466 e. The Labute approximate surface area is 134 Å². The summed E-state index contributed by atoms with van der Waals surface area (Å²) >= 11 is 0.977. The molecule has 0 saturated heterocycles. The van der Waals surface area contributed by atoms with Crippen LogP contribution in [0.1, 0.15) is 20.3 Å². The number of rotatable bonds is 10. The van der Waals surface area contributed by atoms with Crippen molar-refractivity contribution in [3.63, 3.8) is 0 Å². The third-order valence-corrected chi connectivity index (χ3v) is 4.54. The summed E-state index contributed by atoms with van der Waals surface area (Å²) in [6, 6.07) is 0. The van der Waals surface area contributed by atoms with Crippen molar-refractivity contribution >= 4 is 34.1 Å². The number of carbonyl (C=O) groups excluding carboxylic acids is 2. The summed E-state index contributed by atoms with van der Waals surface area (Å²) in [6.07, 6.45) is -0.979. The fraction of sp³-hybridized carbons (Fsp3) is 0.818. The molecule has 9 nitrogen and oxygen atoms in total. The Morgan fingerprint density at radius 3 is 2.45 bits per heavy atom. The zero-order valence-electron chi connectivity index (χ0n) is 12.9. The van der Waals surface area contributed by atoms with E-state index in [4.69, 9.17) is 9.22 Å². The van der Waals surface area contributed by atoms with Crippen molar-refractivity contribution < 1.29 is 36.7 Å². The van der Waals surface area contributed by atoms with Gasteiger partial charge in [-0.05, 0) is 20.3 Å². The second kappa shape index (κ2) is 10.6. The van der Waals surface area contributed by atoms with Gasteiger partial charge in [-0.1, -0.05) is 0 Å². The van der Waals surface area contributed by atoms with E-state index in [-0.39, 0.29) is 18.3 Å². The van der Waals surface area contributed by atoms with Gasteiger partial charge in [0.05, 0.1) is 19.0 Å². The van der Waals surface area contributed by atoms with E-state index in [1.165, 1.54) is 0 Å². The molecule has 0 N–H and O–H groups in total. The number of amides is 1. The van der Waals surface area contributed by atoms with E-state index in [2.05, 4.69) is 9.47 Å². The molecule has 0 fully saturated rings. The lowest BCUT2D eigenvalue weighted by Crippen LogP contribution is -2.36. The summed E-state index contributed by atoms with van der Waals surface area (Å²) in [4.78, 5) is 27.1. The highest BCUT2D eigenvalue weighted by Gasteiger charge is 2.25. The molecule has 0 aromatic heterocycles. The Bertz CT molecular complexity index is 451. The molecule has 0 saturated carbocycles. The molecule has 0 heterocycles. The number of esters is 1. The molecule has 0 aromatic rings. The normalized spacial score (nSPS) is 11.3. The molecule has 0 spiro atoms. The van der Waals surface area contributed by atoms with Crippen LogP contribution in [0.25, 0.3) is 0 Å². The van der Waals surface area contributed by atoms with Crippen molar-refractivity contribution in [1.82, 2.24) is 4.31 Å². The molecule has 0 radical (unpaired) electrons. The molecule has 22 heavy (non-hydrogen) atoms. The van der Waals surface area contributed by atoms with Gasteiger partial charge >= 0.3 is 12.1 Å². The highest BCUT2D eigenvalue weighted by molar-refractivity contribution is 7.94. The Kier molecular flexibility index (Phi) is 10.1. The highest BCUT2D eigenvalue weighted by Crippen LogP contribution is 2.10. The van der Waals surface area contributed by atoms with E-state index in [1.54, 1.807) is 13.8 Å². The summed E-state index contributed by atoms with van der Waals surface area (Å²) in [5, 5.41) is 0. The van der Waals surface area contributed by atoms with E-state index in [0.29, 0.717) is 10.1 Å². The maximum absolute atomic E-state index is 11.9. The third-order valence-electron chi connectivity index (χ3n) is 2.13. The topological polar surface area (TPSA) is 108 Å². The van der Waals surface area contributed by atoms with Gasteiger partial charge < -0.3 is 9.47 Å². The first kappa shape index (κ1) is 21.0. The molecule has 0 bridgehead atoms. The largest absolute Gasteiger partial charge is 0.466 e. The molecule has 0 atom stereocenters. The summed E-state index contributed by atoms with van der Waals surface area (Å²) < 4.78 is 37.7. The average molecular weight is 359 g/mol. The Balaban J connectivity index is 4.09. The predicted molar refractivity (Wildman–Crippen MR) is 79.3 cm³/mol. The second-order valence-electron chi connectivity index (χ2n) is 4.30. The second-order valence-corrected chi connectivity index (χ2v) is 7.20. The van der Waals surface area contributed by atoms with E-state index < -0.39 is 28.7 Å². The molecule has 130 valence electrons. The number of methoxy groups -OCH3 is 1. The van der Waals surface area contributed by atoms with E-state index in [1.807, 2.05) is 0 Å². The minimum atomic E-state index is -3.82. The van der Waals surface area contributed by atoms with Gasteiger partial charge in [-0.2, -0.15) is 4.33 Å². The SMILES string of the molecule is COC(=O)COC(=O)N(C)S(=O)(=O)CCCSOOC(C)C. The number of sulfonamides is 1.